The van der Waals surface area contributed by atoms with Crippen molar-refractivity contribution in [2.45, 2.75) is 32.2 Å². The molecule has 0 bridgehead atoms. The van der Waals surface area contributed by atoms with Gasteiger partial charge in [0.15, 0.2) is 0 Å². The molecule has 0 spiro atoms. The fraction of sp³-hybridized carbons (Fsp3) is 0.889. The number of amides is 1. The van der Waals surface area contributed by atoms with Crippen LogP contribution in [0.2, 0.25) is 0 Å². The van der Waals surface area contributed by atoms with E-state index in [0.29, 0.717) is 13.0 Å². The van der Waals surface area contributed by atoms with Crippen LogP contribution in [0.4, 0.5) is 8.78 Å². The summed E-state index contributed by atoms with van der Waals surface area (Å²) in [6.07, 6.45) is -0.839. The van der Waals surface area contributed by atoms with Gasteiger partial charge >= 0.3 is 0 Å². The first-order valence-corrected chi connectivity index (χ1v) is 4.95. The average Bonchev–Trinajstić information content (AvgIpc) is 2.45. The lowest BCUT2D eigenvalue weighted by Crippen LogP contribution is -2.40. The van der Waals surface area contributed by atoms with Gasteiger partial charge in [0.25, 0.3) is 6.43 Å². The summed E-state index contributed by atoms with van der Waals surface area (Å²) in [5, 5.41) is 3.05. The fourth-order valence-corrected chi connectivity index (χ4v) is 1.59. The molecule has 0 aliphatic carbocycles. The molecule has 82 valence electrons. The molecule has 1 aliphatic rings. The number of carbonyl (C=O) groups excluding carboxylic acids is 1. The highest BCUT2D eigenvalue weighted by atomic mass is 19.3. The smallest absolute Gasteiger partial charge is 0.255 e. The van der Waals surface area contributed by atoms with Crippen molar-refractivity contribution in [2.75, 3.05) is 19.6 Å². The second kappa shape index (κ2) is 5.24. The summed E-state index contributed by atoms with van der Waals surface area (Å²) in [6.45, 7) is 2.79. The second-order valence-corrected chi connectivity index (χ2v) is 3.47. The van der Waals surface area contributed by atoms with E-state index in [1.54, 1.807) is 0 Å². The van der Waals surface area contributed by atoms with E-state index in [-0.39, 0.29) is 11.9 Å². The van der Waals surface area contributed by atoms with E-state index in [4.69, 9.17) is 0 Å². The summed E-state index contributed by atoms with van der Waals surface area (Å²) in [7, 11) is 0. The van der Waals surface area contributed by atoms with Gasteiger partial charge in [0.05, 0.1) is 12.6 Å². The monoisotopic (exact) mass is 206 g/mol. The molecule has 5 heteroatoms. The van der Waals surface area contributed by atoms with Crippen molar-refractivity contribution in [3.8, 4) is 0 Å². The van der Waals surface area contributed by atoms with Crippen LogP contribution in [0, 0.1) is 0 Å². The number of carbonyl (C=O) groups is 1. The molecular formula is C9H16F2N2O. The SMILES string of the molecule is CCCNC1CCN(CC(F)F)C1=O. The van der Waals surface area contributed by atoms with Crippen molar-refractivity contribution in [3.05, 3.63) is 0 Å². The van der Waals surface area contributed by atoms with E-state index in [2.05, 4.69) is 5.32 Å². The maximum Gasteiger partial charge on any atom is 0.255 e. The zero-order valence-corrected chi connectivity index (χ0v) is 8.30. The van der Waals surface area contributed by atoms with Gasteiger partial charge in [-0.1, -0.05) is 6.92 Å². The lowest BCUT2D eigenvalue weighted by molar-refractivity contribution is -0.131. The Morgan fingerprint density at radius 2 is 2.36 bits per heavy atom. The summed E-state index contributed by atoms with van der Waals surface area (Å²) in [4.78, 5) is 12.7. The Bertz CT molecular complexity index is 199. The van der Waals surface area contributed by atoms with E-state index in [1.165, 1.54) is 4.90 Å². The highest BCUT2D eigenvalue weighted by Gasteiger charge is 2.32. The molecule has 0 aromatic carbocycles. The Hall–Kier alpha value is -0.710. The van der Waals surface area contributed by atoms with Gasteiger partial charge in [0, 0.05) is 6.54 Å². The Balaban J connectivity index is 2.35. The van der Waals surface area contributed by atoms with Crippen LogP contribution in [0.25, 0.3) is 0 Å². The first-order valence-electron chi connectivity index (χ1n) is 4.95. The maximum absolute atomic E-state index is 12.0. The molecule has 1 saturated heterocycles. The van der Waals surface area contributed by atoms with Crippen molar-refractivity contribution >= 4 is 5.91 Å². The van der Waals surface area contributed by atoms with Gasteiger partial charge in [-0.2, -0.15) is 0 Å². The maximum atomic E-state index is 12.0. The molecule has 0 saturated carbocycles. The number of nitrogens with zero attached hydrogens (tertiary/aromatic N) is 1. The number of hydrogen-bond donors (Lipinski definition) is 1. The van der Waals surface area contributed by atoms with Crippen molar-refractivity contribution < 1.29 is 13.6 Å². The van der Waals surface area contributed by atoms with E-state index >= 15 is 0 Å². The first-order chi connectivity index (χ1) is 6.65. The Morgan fingerprint density at radius 1 is 1.64 bits per heavy atom. The van der Waals surface area contributed by atoms with Gasteiger partial charge < -0.3 is 10.2 Å². The van der Waals surface area contributed by atoms with Gasteiger partial charge in [-0.25, -0.2) is 8.78 Å². The van der Waals surface area contributed by atoms with E-state index in [9.17, 15) is 13.6 Å². The van der Waals surface area contributed by atoms with Gasteiger partial charge in [-0.15, -0.1) is 0 Å². The third-order valence-electron chi connectivity index (χ3n) is 2.30. The summed E-state index contributed by atoms with van der Waals surface area (Å²) in [5.41, 5.74) is 0. The zero-order chi connectivity index (χ0) is 10.6. The minimum Gasteiger partial charge on any atom is -0.336 e. The minimum atomic E-state index is -2.43. The molecule has 14 heavy (non-hydrogen) atoms. The van der Waals surface area contributed by atoms with Crippen molar-refractivity contribution in [2.24, 2.45) is 0 Å². The topological polar surface area (TPSA) is 32.3 Å². The van der Waals surface area contributed by atoms with Gasteiger partial charge in [-0.3, -0.25) is 4.79 Å². The second-order valence-electron chi connectivity index (χ2n) is 3.47. The minimum absolute atomic E-state index is 0.182. The summed E-state index contributed by atoms with van der Waals surface area (Å²) in [6, 6.07) is -0.242. The van der Waals surface area contributed by atoms with Crippen LogP contribution in [-0.4, -0.2) is 42.9 Å². The van der Waals surface area contributed by atoms with Crippen LogP contribution in [-0.2, 0) is 4.79 Å². The Labute approximate surface area is 82.5 Å². The van der Waals surface area contributed by atoms with Crippen molar-refractivity contribution in [1.29, 1.82) is 0 Å². The highest BCUT2D eigenvalue weighted by molar-refractivity contribution is 5.83. The number of alkyl halides is 2. The molecule has 1 fully saturated rings. The summed E-state index contributed by atoms with van der Waals surface area (Å²) >= 11 is 0. The van der Waals surface area contributed by atoms with Gasteiger partial charge in [0.1, 0.15) is 0 Å². The van der Waals surface area contributed by atoms with Crippen LogP contribution < -0.4 is 5.32 Å². The van der Waals surface area contributed by atoms with Crippen molar-refractivity contribution in [1.82, 2.24) is 10.2 Å². The van der Waals surface area contributed by atoms with E-state index in [1.807, 2.05) is 6.92 Å². The fourth-order valence-electron chi connectivity index (χ4n) is 1.59. The first kappa shape index (κ1) is 11.4. The molecule has 1 heterocycles. The molecule has 1 rings (SSSR count). The average molecular weight is 206 g/mol. The van der Waals surface area contributed by atoms with Crippen molar-refractivity contribution in [3.63, 3.8) is 0 Å². The number of halogens is 2. The predicted octanol–water partition coefficient (Wildman–Crippen LogP) is 0.852. The molecule has 3 nitrogen and oxygen atoms in total. The Kier molecular flexibility index (Phi) is 4.25. The van der Waals surface area contributed by atoms with Gasteiger partial charge in [-0.05, 0) is 19.4 Å². The number of likely N-dealkylation sites (tertiary alicyclic amines) is 1. The molecule has 1 amide bonds. The van der Waals surface area contributed by atoms with Crippen LogP contribution in [0.15, 0.2) is 0 Å². The molecule has 1 N–H and O–H groups in total. The molecule has 1 atom stereocenters. The van der Waals surface area contributed by atoms with E-state index in [0.717, 1.165) is 13.0 Å². The standard InChI is InChI=1S/C9H16F2N2O/c1-2-4-12-7-3-5-13(9(7)14)6-8(10)11/h7-8,12H,2-6H2,1H3. The summed E-state index contributed by atoms with van der Waals surface area (Å²) < 4.78 is 24.0. The lowest BCUT2D eigenvalue weighted by Gasteiger charge is -2.16. The normalized spacial score (nSPS) is 22.4. The largest absolute Gasteiger partial charge is 0.336 e. The van der Waals surface area contributed by atoms with Crippen LogP contribution >= 0.6 is 0 Å². The van der Waals surface area contributed by atoms with E-state index < -0.39 is 13.0 Å². The molecule has 0 aromatic rings. The number of rotatable bonds is 5. The van der Waals surface area contributed by atoms with Crippen LogP contribution in [0.1, 0.15) is 19.8 Å². The third-order valence-corrected chi connectivity index (χ3v) is 2.30. The third kappa shape index (κ3) is 2.90. The highest BCUT2D eigenvalue weighted by Crippen LogP contribution is 2.12. The zero-order valence-electron chi connectivity index (χ0n) is 8.30. The van der Waals surface area contributed by atoms with Crippen LogP contribution in [0.5, 0.6) is 0 Å². The lowest BCUT2D eigenvalue weighted by atomic mass is 10.2. The molecule has 0 aromatic heterocycles. The number of nitrogens with one attached hydrogen (secondary N) is 1. The van der Waals surface area contributed by atoms with Crippen LogP contribution in [0.3, 0.4) is 0 Å². The molecule has 1 aliphatic heterocycles. The summed E-state index contributed by atoms with van der Waals surface area (Å²) in [5.74, 6) is -0.182. The molecule has 0 radical (unpaired) electrons. The van der Waals surface area contributed by atoms with Gasteiger partial charge in [0.2, 0.25) is 5.91 Å². The quantitative estimate of drug-likeness (QED) is 0.723. The molecular weight excluding hydrogens is 190 g/mol. The molecule has 1 unspecified atom stereocenters. The predicted molar refractivity (Wildman–Crippen MR) is 49.3 cm³/mol. The number of hydrogen-bond acceptors (Lipinski definition) is 2. The Morgan fingerprint density at radius 3 is 2.93 bits per heavy atom.